The topological polar surface area (TPSA) is 330 Å². The van der Waals surface area contributed by atoms with Crippen molar-refractivity contribution in [1.82, 2.24) is 25.9 Å². The number of ether oxygens (including phenoxy) is 7. The van der Waals surface area contributed by atoms with Crippen LogP contribution in [0.15, 0.2) is 64.2 Å². The fraction of sp³-hybridized carbons (Fsp3) is 0.492. The van der Waals surface area contributed by atoms with Crippen LogP contribution >= 0.6 is 23.4 Å². The molecule has 0 aliphatic rings. The van der Waals surface area contributed by atoms with Gasteiger partial charge in [-0.1, -0.05) is 42.4 Å². The van der Waals surface area contributed by atoms with Crippen molar-refractivity contribution in [3.63, 3.8) is 0 Å². The number of rotatable bonds is 24. The molecule has 0 aliphatic heterocycles. The van der Waals surface area contributed by atoms with E-state index in [-0.39, 0.29) is 39.2 Å². The Morgan fingerprint density at radius 2 is 1.25 bits per heavy atom. The van der Waals surface area contributed by atoms with Gasteiger partial charge in [-0.05, 0) is 132 Å². The van der Waals surface area contributed by atoms with E-state index in [1.165, 1.54) is 32.2 Å². The van der Waals surface area contributed by atoms with E-state index in [0.29, 0.717) is 27.7 Å². The van der Waals surface area contributed by atoms with Crippen molar-refractivity contribution in [2.24, 2.45) is 5.92 Å². The number of hydrogen-bond donors (Lipinski definition) is 4. The summed E-state index contributed by atoms with van der Waals surface area (Å²) >= 11 is 7.18. The summed E-state index contributed by atoms with van der Waals surface area (Å²) in [5.41, 5.74) is 4.26. The van der Waals surface area contributed by atoms with Crippen LogP contribution in [-0.2, 0) is 62.9 Å². The molecule has 26 heteroatoms. The van der Waals surface area contributed by atoms with E-state index in [0.717, 1.165) is 11.8 Å². The summed E-state index contributed by atoms with van der Waals surface area (Å²) in [6.07, 6.45) is -3.78. The number of aromatic nitrogens is 2. The molecule has 5 atom stereocenters. The Balaban J connectivity index is 1.59. The molecule has 0 fully saturated rings. The van der Waals surface area contributed by atoms with Gasteiger partial charge < -0.3 is 59.3 Å². The third-order valence-electron chi connectivity index (χ3n) is 11.0. The predicted molar refractivity (Wildman–Crippen MR) is 312 cm³/mol. The molecule has 0 bridgehead atoms. The summed E-state index contributed by atoms with van der Waals surface area (Å²) in [5.74, 6) is -6.05. The van der Waals surface area contributed by atoms with E-state index in [1.54, 1.807) is 119 Å². The number of Topliss-reactive ketones (excluding diaryl/α,β-unsaturated/α-hetero) is 1. The lowest BCUT2D eigenvalue weighted by atomic mass is 9.98. The second-order valence-corrected chi connectivity index (χ2v) is 24.8. The SMILES string of the molecule is [C-]#[N+]c1c(N)nc(SCc2coc(-c3ccc(Cl)cc3)n2)c(C#N)c1-c1ccc(OC[C@@H](COC(=O)[C@H](C)CC(=O)[C@H](CC(=O)OC(C)(C)C)NC(=O)OC(C)(C)C)OC(=O)[C@H](C)NC(=O)[C@H](CC(=O)OC(C)(C)C)NC(=O)OC(C)(C)C)cc1. The zero-order chi connectivity index (χ0) is 63.8. The molecule has 458 valence electrons. The minimum Gasteiger partial charge on any atom is -0.490 e. The van der Waals surface area contributed by atoms with Crippen molar-refractivity contribution in [2.45, 2.75) is 174 Å². The number of nitrogens with zero attached hydrogens (tertiary/aromatic N) is 4. The van der Waals surface area contributed by atoms with Gasteiger partial charge in [-0.3, -0.25) is 24.0 Å². The molecule has 3 amide bonds. The van der Waals surface area contributed by atoms with E-state index < -0.39 is 133 Å². The number of halogens is 1. The highest BCUT2D eigenvalue weighted by molar-refractivity contribution is 7.98. The highest BCUT2D eigenvalue weighted by atomic mass is 35.5. The van der Waals surface area contributed by atoms with Crippen LogP contribution < -0.4 is 26.4 Å². The summed E-state index contributed by atoms with van der Waals surface area (Å²) in [6, 6.07) is 10.6. The minimum absolute atomic E-state index is 0.0564. The summed E-state index contributed by atoms with van der Waals surface area (Å²) in [5, 5.41) is 18.4. The molecular formula is C59H73ClN8O16S. The van der Waals surface area contributed by atoms with Crippen LogP contribution in [0, 0.1) is 23.8 Å². The van der Waals surface area contributed by atoms with Crippen molar-refractivity contribution < 1.29 is 75.9 Å². The zero-order valence-electron chi connectivity index (χ0n) is 50.0. The summed E-state index contributed by atoms with van der Waals surface area (Å²) in [7, 11) is 0. The lowest BCUT2D eigenvalue weighted by Crippen LogP contribution is -2.53. The van der Waals surface area contributed by atoms with Crippen LogP contribution in [0.5, 0.6) is 5.75 Å². The number of anilines is 1. The van der Waals surface area contributed by atoms with Crippen LogP contribution in [0.1, 0.15) is 127 Å². The molecule has 0 radical (unpaired) electrons. The lowest BCUT2D eigenvalue weighted by Gasteiger charge is -2.26. The van der Waals surface area contributed by atoms with E-state index in [1.807, 2.05) is 0 Å². The van der Waals surface area contributed by atoms with Crippen LogP contribution in [0.2, 0.25) is 5.02 Å². The number of thioether (sulfide) groups is 1. The van der Waals surface area contributed by atoms with Crippen molar-refractivity contribution in [2.75, 3.05) is 18.9 Å². The molecule has 2 heterocycles. The molecular weight excluding hydrogens is 1140 g/mol. The average molecular weight is 1220 g/mol. The summed E-state index contributed by atoms with van der Waals surface area (Å²) in [6.45, 7) is 28.6. The molecule has 0 saturated heterocycles. The maximum Gasteiger partial charge on any atom is 0.408 e. The standard InChI is InChI=1S/C59H73ClN8O16S/c1-32(24-43(69)41(25-44(70)81-56(3,4)5)66-54(75)83-58(9,10)11)52(73)79-30-39(80-53(74)33(2)64-49(72)42(26-45(71)82-57(6,7)8)67-55(76)84-59(12,13)14)29-77-38-22-18-34(19-23-38)46-40(27-61)51(68-48(62)47(46)63-15)85-31-37-28-78-50(65-37)35-16-20-36(60)21-17-35/h16-23,28,32-33,39,41-42H,24-26,29-31H2,1-14H3,(H2,62,68)(H,64,72)(H,66,75)(H,67,76)/t32-,33+,39+,41+,42+/m1/s1. The van der Waals surface area contributed by atoms with Gasteiger partial charge in [0.25, 0.3) is 0 Å². The fourth-order valence-electron chi connectivity index (χ4n) is 7.38. The molecule has 0 unspecified atom stereocenters. The number of oxazole rings is 1. The number of nitrogens with one attached hydrogen (secondary N) is 3. The fourth-order valence-corrected chi connectivity index (χ4v) is 8.37. The first-order valence-electron chi connectivity index (χ1n) is 26.7. The quantitative estimate of drug-likeness (QED) is 0.0219. The first-order valence-corrected chi connectivity index (χ1v) is 28.1. The number of nitriles is 1. The number of benzene rings is 2. The average Bonchev–Trinajstić information content (AvgIpc) is 2.69. The number of carbonyl (C=O) groups is 8. The van der Waals surface area contributed by atoms with Crippen molar-refractivity contribution in [3.8, 4) is 34.4 Å². The Bertz CT molecular complexity index is 3090. The number of nitrogens with two attached hydrogens (primary N) is 1. The van der Waals surface area contributed by atoms with E-state index in [9.17, 15) is 43.6 Å². The number of ketones is 1. The number of amides is 3. The molecule has 5 N–H and O–H groups in total. The van der Waals surface area contributed by atoms with Gasteiger partial charge >= 0.3 is 36.1 Å². The molecule has 4 aromatic rings. The molecule has 24 nitrogen and oxygen atoms in total. The maximum atomic E-state index is 13.8. The molecule has 0 aliphatic carbocycles. The Labute approximate surface area is 503 Å². The molecule has 0 spiro atoms. The number of carbonyl (C=O) groups excluding carboxylic acids is 8. The zero-order valence-corrected chi connectivity index (χ0v) is 51.6. The van der Waals surface area contributed by atoms with Gasteiger partial charge in [-0.15, -0.1) is 0 Å². The van der Waals surface area contributed by atoms with Gasteiger partial charge in [0.2, 0.25) is 17.5 Å². The number of hydrogen-bond acceptors (Lipinski definition) is 21. The monoisotopic (exact) mass is 1220 g/mol. The van der Waals surface area contributed by atoms with E-state index in [2.05, 4.69) is 36.8 Å². The van der Waals surface area contributed by atoms with Gasteiger partial charge in [0.15, 0.2) is 11.9 Å². The highest BCUT2D eigenvalue weighted by Gasteiger charge is 2.34. The number of alkyl carbamates (subject to hydrolysis) is 2. The van der Waals surface area contributed by atoms with Crippen molar-refractivity contribution in [1.29, 1.82) is 5.26 Å². The van der Waals surface area contributed by atoms with Gasteiger partial charge in [0.1, 0.15) is 82.7 Å². The van der Waals surface area contributed by atoms with E-state index in [4.69, 9.17) is 61.5 Å². The van der Waals surface area contributed by atoms with Gasteiger partial charge in [-0.2, -0.15) is 5.26 Å². The Morgan fingerprint density at radius 3 is 1.78 bits per heavy atom. The van der Waals surface area contributed by atoms with Crippen molar-refractivity contribution in [3.05, 3.63) is 82.5 Å². The largest absolute Gasteiger partial charge is 0.490 e. The van der Waals surface area contributed by atoms with Gasteiger partial charge in [0, 0.05) is 28.3 Å². The molecule has 0 saturated carbocycles. The van der Waals surface area contributed by atoms with Gasteiger partial charge in [0.05, 0.1) is 36.6 Å². The number of pyridine rings is 1. The Morgan fingerprint density at radius 1 is 0.718 bits per heavy atom. The Hall–Kier alpha value is -8.42. The maximum absolute atomic E-state index is 13.8. The van der Waals surface area contributed by atoms with Crippen LogP contribution in [0.25, 0.3) is 27.4 Å². The smallest absolute Gasteiger partial charge is 0.408 e. The molecule has 2 aromatic heterocycles. The molecule has 2 aromatic carbocycles. The third kappa shape index (κ3) is 23.6. The first-order chi connectivity index (χ1) is 39.4. The van der Waals surface area contributed by atoms with Crippen LogP contribution in [0.3, 0.4) is 0 Å². The first kappa shape index (κ1) is 69.1. The second kappa shape index (κ2) is 29.9. The van der Waals surface area contributed by atoms with Gasteiger partial charge in [-0.25, -0.2) is 29.2 Å². The normalized spacial score (nSPS) is 13.4. The molecule has 85 heavy (non-hydrogen) atoms. The van der Waals surface area contributed by atoms with Crippen LogP contribution in [-0.4, -0.2) is 118 Å². The Kier molecular flexibility index (Phi) is 24.3. The molecule has 4 rings (SSSR count). The summed E-state index contributed by atoms with van der Waals surface area (Å²) in [4.78, 5) is 119. The van der Waals surface area contributed by atoms with Crippen molar-refractivity contribution >= 4 is 82.6 Å². The third-order valence-corrected chi connectivity index (χ3v) is 12.2. The summed E-state index contributed by atoms with van der Waals surface area (Å²) < 4.78 is 44.4. The predicted octanol–water partition coefficient (Wildman–Crippen LogP) is 9.54. The number of nitrogen functional groups attached to an aromatic ring is 1. The van der Waals surface area contributed by atoms with E-state index >= 15 is 0 Å². The number of esters is 4. The lowest BCUT2D eigenvalue weighted by molar-refractivity contribution is -0.165. The second-order valence-electron chi connectivity index (χ2n) is 23.4. The minimum atomic E-state index is -1.59. The van der Waals surface area contributed by atoms with Crippen LogP contribution in [0.4, 0.5) is 21.1 Å². The highest BCUT2D eigenvalue weighted by Crippen LogP contribution is 2.42.